The lowest BCUT2D eigenvalue weighted by atomic mass is 10.0. The van der Waals surface area contributed by atoms with E-state index in [0.29, 0.717) is 17.1 Å². The van der Waals surface area contributed by atoms with Crippen LogP contribution in [-0.2, 0) is 4.74 Å². The maximum atomic E-state index is 11.6. The lowest BCUT2D eigenvalue weighted by Gasteiger charge is -2.19. The number of benzene rings is 2. The molecule has 0 bridgehead atoms. The number of nitrogens with one attached hydrogen (secondary N) is 1. The third-order valence-corrected chi connectivity index (χ3v) is 3.60. The highest BCUT2D eigenvalue weighted by Gasteiger charge is 2.15. The van der Waals surface area contributed by atoms with Gasteiger partial charge in [0.1, 0.15) is 23.7 Å². The van der Waals surface area contributed by atoms with Gasteiger partial charge in [-0.25, -0.2) is 9.59 Å². The first-order chi connectivity index (χ1) is 13.2. The minimum Gasteiger partial charge on any atom is -0.497 e. The molecule has 2 aromatic rings. The molecule has 0 unspecified atom stereocenters. The Hall–Kier alpha value is -3.22. The van der Waals surface area contributed by atoms with Crippen LogP contribution in [0, 0.1) is 0 Å². The summed E-state index contributed by atoms with van der Waals surface area (Å²) in [6, 6.07) is 12.1. The minimum absolute atomic E-state index is 0.107. The third kappa shape index (κ3) is 6.50. The largest absolute Gasteiger partial charge is 0.497 e. The van der Waals surface area contributed by atoms with E-state index in [2.05, 4.69) is 5.32 Å². The van der Waals surface area contributed by atoms with Gasteiger partial charge in [-0.15, -0.1) is 0 Å². The number of rotatable bonds is 7. The van der Waals surface area contributed by atoms with Crippen LogP contribution in [0.2, 0.25) is 0 Å². The second kappa shape index (κ2) is 9.12. The Morgan fingerprint density at radius 1 is 1.04 bits per heavy atom. The number of carboxylic acids is 1. The highest BCUT2D eigenvalue weighted by atomic mass is 16.6. The number of hydrogen-bond donors (Lipinski definition) is 2. The van der Waals surface area contributed by atoms with Crippen molar-refractivity contribution in [2.45, 2.75) is 26.4 Å². The summed E-state index contributed by atoms with van der Waals surface area (Å²) in [6.07, 6.45) is -0.535. The molecule has 2 aromatic carbocycles. The van der Waals surface area contributed by atoms with Crippen molar-refractivity contribution in [3.8, 4) is 22.6 Å². The monoisotopic (exact) mass is 387 g/mol. The molecular weight excluding hydrogens is 362 g/mol. The molecule has 0 heterocycles. The fourth-order valence-electron chi connectivity index (χ4n) is 2.41. The lowest BCUT2D eigenvalue weighted by molar-refractivity contribution is 0.0520. The van der Waals surface area contributed by atoms with Crippen LogP contribution in [0.1, 0.15) is 31.1 Å². The predicted octanol–water partition coefficient (Wildman–Crippen LogP) is 3.96. The van der Waals surface area contributed by atoms with E-state index in [9.17, 15) is 14.7 Å². The number of alkyl carbamates (subject to hydrolysis) is 1. The zero-order valence-corrected chi connectivity index (χ0v) is 16.4. The molecule has 7 nitrogen and oxygen atoms in total. The van der Waals surface area contributed by atoms with E-state index in [4.69, 9.17) is 14.2 Å². The van der Waals surface area contributed by atoms with Crippen molar-refractivity contribution in [3.05, 3.63) is 48.0 Å². The normalized spacial score (nSPS) is 10.9. The van der Waals surface area contributed by atoms with Gasteiger partial charge in [0.25, 0.3) is 0 Å². The van der Waals surface area contributed by atoms with Crippen molar-refractivity contribution in [2.24, 2.45) is 0 Å². The highest BCUT2D eigenvalue weighted by Crippen LogP contribution is 2.28. The van der Waals surface area contributed by atoms with Gasteiger partial charge < -0.3 is 24.6 Å². The van der Waals surface area contributed by atoms with Crippen molar-refractivity contribution in [1.29, 1.82) is 0 Å². The summed E-state index contributed by atoms with van der Waals surface area (Å²) in [5, 5.41) is 12.0. The number of ether oxygens (including phenoxy) is 3. The summed E-state index contributed by atoms with van der Waals surface area (Å²) in [5.74, 6) is 0.00689. The Bertz CT molecular complexity index is 841. The highest BCUT2D eigenvalue weighted by molar-refractivity contribution is 5.90. The first-order valence-electron chi connectivity index (χ1n) is 8.80. The molecule has 0 spiro atoms. The SMILES string of the molecule is COc1cccc(-c2cc(OCCNC(=O)OC(C)(C)C)cc(C(=O)O)c2)c1. The molecule has 0 aliphatic heterocycles. The zero-order valence-electron chi connectivity index (χ0n) is 16.4. The van der Waals surface area contributed by atoms with Crippen molar-refractivity contribution in [3.63, 3.8) is 0 Å². The molecule has 0 fully saturated rings. The zero-order chi connectivity index (χ0) is 20.7. The van der Waals surface area contributed by atoms with E-state index in [1.807, 2.05) is 24.3 Å². The van der Waals surface area contributed by atoms with Crippen molar-refractivity contribution in [2.75, 3.05) is 20.3 Å². The number of hydrogen-bond acceptors (Lipinski definition) is 5. The smallest absolute Gasteiger partial charge is 0.407 e. The standard InChI is InChI=1S/C21H25NO6/c1-21(2,3)28-20(25)22-8-9-27-18-12-15(10-16(13-18)19(23)24)14-6-5-7-17(11-14)26-4/h5-7,10-13H,8-9H2,1-4H3,(H,22,25)(H,23,24). The first kappa shape index (κ1) is 21.1. The number of amides is 1. The van der Waals surface area contributed by atoms with Crippen LogP contribution >= 0.6 is 0 Å². The van der Waals surface area contributed by atoms with E-state index < -0.39 is 17.7 Å². The molecule has 0 aliphatic carbocycles. The average Bonchev–Trinajstić information content (AvgIpc) is 2.63. The molecule has 0 aromatic heterocycles. The van der Waals surface area contributed by atoms with E-state index in [1.54, 1.807) is 40.0 Å². The number of carbonyl (C=O) groups is 2. The summed E-state index contributed by atoms with van der Waals surface area (Å²) in [4.78, 5) is 23.1. The quantitative estimate of drug-likeness (QED) is 0.699. The van der Waals surface area contributed by atoms with Gasteiger partial charge in [0.05, 0.1) is 19.2 Å². The van der Waals surface area contributed by atoms with Gasteiger partial charge in [-0.2, -0.15) is 0 Å². The van der Waals surface area contributed by atoms with Crippen molar-refractivity contribution in [1.82, 2.24) is 5.32 Å². The fraction of sp³-hybridized carbons (Fsp3) is 0.333. The summed E-state index contributed by atoms with van der Waals surface area (Å²) in [7, 11) is 1.57. The molecule has 0 saturated carbocycles. The van der Waals surface area contributed by atoms with E-state index in [0.717, 1.165) is 5.56 Å². The van der Waals surface area contributed by atoms with Crippen molar-refractivity contribution < 1.29 is 28.9 Å². The van der Waals surface area contributed by atoms with E-state index in [-0.39, 0.29) is 18.7 Å². The molecule has 0 saturated heterocycles. The minimum atomic E-state index is -1.05. The molecular formula is C21H25NO6. The third-order valence-electron chi connectivity index (χ3n) is 3.60. The van der Waals surface area contributed by atoms with Crippen LogP contribution in [0.3, 0.4) is 0 Å². The summed E-state index contributed by atoms with van der Waals surface area (Å²) in [6.45, 7) is 5.72. The summed E-state index contributed by atoms with van der Waals surface area (Å²) < 4.78 is 16.0. The topological polar surface area (TPSA) is 94.1 Å². The molecule has 0 radical (unpaired) electrons. The number of methoxy groups -OCH3 is 1. The first-order valence-corrected chi connectivity index (χ1v) is 8.80. The molecule has 2 N–H and O–H groups in total. The molecule has 7 heteroatoms. The number of aromatic carboxylic acids is 1. The summed E-state index contributed by atoms with van der Waals surface area (Å²) >= 11 is 0. The van der Waals surface area contributed by atoms with Gasteiger partial charge in [0.15, 0.2) is 0 Å². The average molecular weight is 387 g/mol. The van der Waals surface area contributed by atoms with Gasteiger partial charge in [0.2, 0.25) is 0 Å². The molecule has 1 amide bonds. The number of carboxylic acid groups (broad SMARTS) is 1. The van der Waals surface area contributed by atoms with Crippen molar-refractivity contribution >= 4 is 12.1 Å². The van der Waals surface area contributed by atoms with Crippen LogP contribution in [-0.4, -0.2) is 43.0 Å². The van der Waals surface area contributed by atoms with E-state index in [1.165, 1.54) is 6.07 Å². The molecule has 2 rings (SSSR count). The van der Waals surface area contributed by atoms with Gasteiger partial charge in [-0.3, -0.25) is 0 Å². The van der Waals surface area contributed by atoms with Crippen LogP contribution in [0.15, 0.2) is 42.5 Å². The Balaban J connectivity index is 2.08. The molecule has 0 aliphatic rings. The van der Waals surface area contributed by atoms with Crippen LogP contribution in [0.5, 0.6) is 11.5 Å². The summed E-state index contributed by atoms with van der Waals surface area (Å²) in [5.41, 5.74) is 1.02. The predicted molar refractivity (Wildman–Crippen MR) is 105 cm³/mol. The Kier molecular flexibility index (Phi) is 6.87. The van der Waals surface area contributed by atoms with E-state index >= 15 is 0 Å². The van der Waals surface area contributed by atoms with Gasteiger partial charge >= 0.3 is 12.1 Å². The van der Waals surface area contributed by atoms with Gasteiger partial charge in [-0.05, 0) is 62.2 Å². The second-order valence-corrected chi connectivity index (χ2v) is 7.06. The Morgan fingerprint density at radius 2 is 1.75 bits per heavy atom. The maximum Gasteiger partial charge on any atom is 0.407 e. The Morgan fingerprint density at radius 3 is 2.39 bits per heavy atom. The fourth-order valence-corrected chi connectivity index (χ4v) is 2.41. The second-order valence-electron chi connectivity index (χ2n) is 7.06. The van der Waals surface area contributed by atoms with Gasteiger partial charge in [-0.1, -0.05) is 12.1 Å². The molecule has 28 heavy (non-hydrogen) atoms. The lowest BCUT2D eigenvalue weighted by Crippen LogP contribution is -2.34. The van der Waals surface area contributed by atoms with Crippen LogP contribution in [0.25, 0.3) is 11.1 Å². The maximum absolute atomic E-state index is 11.6. The molecule has 150 valence electrons. The van der Waals surface area contributed by atoms with Crippen LogP contribution in [0.4, 0.5) is 4.79 Å². The Labute approximate surface area is 164 Å². The number of carbonyl (C=O) groups excluding carboxylic acids is 1. The van der Waals surface area contributed by atoms with Gasteiger partial charge in [0, 0.05) is 0 Å². The molecule has 0 atom stereocenters. The van der Waals surface area contributed by atoms with Crippen LogP contribution < -0.4 is 14.8 Å².